The normalized spacial score (nSPS) is 16.7. The highest BCUT2D eigenvalue weighted by Crippen LogP contribution is 2.56. The zero-order chi connectivity index (χ0) is 28.1. The standard InChI is InChI=1S/C30H28ClF3N4O2/c1-2-25-27(38-16-22(31)15-35-28(38)36-25)26(39)12-5-19-3-8-23(9-4-19)37-17-29(18-37)13-21(14-29)20-6-10-24(11-7-20)40-30(32,33)34/h3-4,6-11,15-16,21H,2,5,12-14,17-18H2,1H3. The third-order valence-electron chi connectivity index (χ3n) is 8.06. The van der Waals surface area contributed by atoms with Crippen LogP contribution in [0.4, 0.5) is 18.9 Å². The Morgan fingerprint density at radius 2 is 1.80 bits per heavy atom. The Labute approximate surface area is 234 Å². The second kappa shape index (κ2) is 10.1. The van der Waals surface area contributed by atoms with E-state index in [4.69, 9.17) is 11.6 Å². The fourth-order valence-corrected chi connectivity index (χ4v) is 6.26. The zero-order valence-electron chi connectivity index (χ0n) is 21.9. The molecular weight excluding hydrogens is 541 g/mol. The van der Waals surface area contributed by atoms with Gasteiger partial charge in [-0.3, -0.25) is 9.20 Å². The molecule has 0 amide bonds. The maximum absolute atomic E-state index is 13.1. The highest BCUT2D eigenvalue weighted by Gasteiger charge is 2.52. The summed E-state index contributed by atoms with van der Waals surface area (Å²) in [5.41, 5.74) is 4.88. The van der Waals surface area contributed by atoms with E-state index in [1.165, 1.54) is 18.3 Å². The number of halogens is 4. The van der Waals surface area contributed by atoms with Crippen LogP contribution in [0.15, 0.2) is 60.9 Å². The molecule has 0 bridgehead atoms. The van der Waals surface area contributed by atoms with E-state index in [0.29, 0.717) is 41.7 Å². The van der Waals surface area contributed by atoms with Gasteiger partial charge in [0.15, 0.2) is 5.78 Å². The summed E-state index contributed by atoms with van der Waals surface area (Å²) in [5, 5.41) is 0.455. The summed E-state index contributed by atoms with van der Waals surface area (Å²) in [4.78, 5) is 24.2. The van der Waals surface area contributed by atoms with Gasteiger partial charge < -0.3 is 9.64 Å². The van der Waals surface area contributed by atoms with Crippen molar-refractivity contribution in [3.63, 3.8) is 0 Å². The number of rotatable bonds is 8. The van der Waals surface area contributed by atoms with Gasteiger partial charge in [0.25, 0.3) is 0 Å². The van der Waals surface area contributed by atoms with Crippen LogP contribution in [0.2, 0.25) is 5.02 Å². The molecule has 1 saturated carbocycles. The minimum absolute atomic E-state index is 0.0178. The monoisotopic (exact) mass is 568 g/mol. The molecule has 0 radical (unpaired) electrons. The summed E-state index contributed by atoms with van der Waals surface area (Å²) in [7, 11) is 0. The van der Waals surface area contributed by atoms with E-state index in [2.05, 4.69) is 43.9 Å². The largest absolute Gasteiger partial charge is 0.573 e. The number of aromatic nitrogens is 3. The van der Waals surface area contributed by atoms with Crippen LogP contribution in [0, 0.1) is 5.41 Å². The Hall–Kier alpha value is -3.59. The molecule has 10 heteroatoms. The molecule has 2 aromatic heterocycles. The number of benzene rings is 2. The van der Waals surface area contributed by atoms with Crippen molar-refractivity contribution >= 4 is 28.8 Å². The number of hydrogen-bond donors (Lipinski definition) is 0. The van der Waals surface area contributed by atoms with Crippen molar-refractivity contribution in [2.24, 2.45) is 5.41 Å². The van der Waals surface area contributed by atoms with E-state index >= 15 is 0 Å². The van der Waals surface area contributed by atoms with Gasteiger partial charge in [-0.2, -0.15) is 0 Å². The Balaban J connectivity index is 1.01. The van der Waals surface area contributed by atoms with Gasteiger partial charge in [0.05, 0.1) is 16.9 Å². The number of nitrogens with zero attached hydrogens (tertiary/aromatic N) is 4. The van der Waals surface area contributed by atoms with Gasteiger partial charge in [-0.1, -0.05) is 42.8 Å². The lowest BCUT2D eigenvalue weighted by molar-refractivity contribution is -0.274. The molecule has 40 heavy (non-hydrogen) atoms. The molecule has 4 aromatic rings. The molecule has 2 aromatic carbocycles. The van der Waals surface area contributed by atoms with E-state index < -0.39 is 6.36 Å². The number of imidazole rings is 1. The van der Waals surface area contributed by atoms with E-state index in [-0.39, 0.29) is 16.9 Å². The molecular formula is C30H28ClF3N4O2. The minimum Gasteiger partial charge on any atom is -0.406 e. The highest BCUT2D eigenvalue weighted by atomic mass is 35.5. The summed E-state index contributed by atoms with van der Waals surface area (Å²) in [5.74, 6) is 0.683. The first-order chi connectivity index (χ1) is 19.1. The van der Waals surface area contributed by atoms with Crippen LogP contribution in [-0.2, 0) is 12.8 Å². The molecule has 6 rings (SSSR count). The molecule has 1 aliphatic heterocycles. The van der Waals surface area contributed by atoms with E-state index in [0.717, 1.165) is 48.4 Å². The van der Waals surface area contributed by atoms with Crippen LogP contribution in [0.1, 0.15) is 59.4 Å². The number of ketones is 1. The van der Waals surface area contributed by atoms with Gasteiger partial charge in [0, 0.05) is 36.8 Å². The van der Waals surface area contributed by atoms with Crippen LogP contribution in [0.3, 0.4) is 0 Å². The van der Waals surface area contributed by atoms with Crippen LogP contribution >= 0.6 is 11.6 Å². The lowest BCUT2D eigenvalue weighted by atomic mass is 9.56. The van der Waals surface area contributed by atoms with E-state index in [1.807, 2.05) is 6.92 Å². The second-order valence-corrected chi connectivity index (χ2v) is 11.3. The Kier molecular flexibility index (Phi) is 6.73. The summed E-state index contributed by atoms with van der Waals surface area (Å²) in [6, 6.07) is 14.6. The van der Waals surface area contributed by atoms with Crippen LogP contribution < -0.4 is 9.64 Å². The smallest absolute Gasteiger partial charge is 0.406 e. The van der Waals surface area contributed by atoms with Crippen molar-refractivity contribution in [3.8, 4) is 5.75 Å². The van der Waals surface area contributed by atoms with Crippen molar-refractivity contribution in [1.82, 2.24) is 14.4 Å². The minimum atomic E-state index is -4.67. The lowest BCUT2D eigenvalue weighted by Crippen LogP contribution is -2.61. The number of carbonyl (C=O) groups is 1. The zero-order valence-corrected chi connectivity index (χ0v) is 22.7. The van der Waals surface area contributed by atoms with Crippen molar-refractivity contribution < 1.29 is 22.7 Å². The van der Waals surface area contributed by atoms with Gasteiger partial charge in [0.1, 0.15) is 11.4 Å². The predicted octanol–water partition coefficient (Wildman–Crippen LogP) is 7.04. The van der Waals surface area contributed by atoms with Crippen LogP contribution in [0.5, 0.6) is 5.75 Å². The summed E-state index contributed by atoms with van der Waals surface area (Å²) >= 11 is 6.10. The highest BCUT2D eigenvalue weighted by molar-refractivity contribution is 6.30. The molecule has 6 nitrogen and oxygen atoms in total. The summed E-state index contributed by atoms with van der Waals surface area (Å²) < 4.78 is 42.8. The first kappa shape index (κ1) is 26.6. The molecule has 2 fully saturated rings. The molecule has 1 saturated heterocycles. The average Bonchev–Trinajstić information content (AvgIpc) is 3.24. The van der Waals surface area contributed by atoms with Gasteiger partial charge in [-0.05, 0) is 67.0 Å². The molecule has 0 atom stereocenters. The van der Waals surface area contributed by atoms with Crippen LogP contribution in [-0.4, -0.2) is 39.6 Å². The first-order valence-corrected chi connectivity index (χ1v) is 13.7. The number of hydrogen-bond acceptors (Lipinski definition) is 5. The number of Topliss-reactive ketones (excluding diaryl/α,β-unsaturated/α-hetero) is 1. The Morgan fingerprint density at radius 1 is 1.10 bits per heavy atom. The van der Waals surface area contributed by atoms with Crippen molar-refractivity contribution in [1.29, 1.82) is 0 Å². The molecule has 208 valence electrons. The number of ether oxygens (including phenoxy) is 1. The number of alkyl halides is 3. The van der Waals surface area contributed by atoms with Crippen molar-refractivity contribution in [2.45, 2.75) is 51.3 Å². The average molecular weight is 569 g/mol. The first-order valence-electron chi connectivity index (χ1n) is 13.4. The van der Waals surface area contributed by atoms with Crippen molar-refractivity contribution in [3.05, 3.63) is 88.5 Å². The maximum Gasteiger partial charge on any atom is 0.573 e. The quantitative estimate of drug-likeness (QED) is 0.213. The topological polar surface area (TPSA) is 59.7 Å². The number of fused-ring (bicyclic) bond motifs is 1. The van der Waals surface area contributed by atoms with Gasteiger partial charge >= 0.3 is 6.36 Å². The fourth-order valence-electron chi connectivity index (χ4n) is 6.11. The third-order valence-corrected chi connectivity index (χ3v) is 8.25. The maximum atomic E-state index is 13.1. The second-order valence-electron chi connectivity index (χ2n) is 10.9. The Morgan fingerprint density at radius 3 is 2.45 bits per heavy atom. The summed E-state index contributed by atoms with van der Waals surface area (Å²) in [6.45, 7) is 3.92. The number of carbonyl (C=O) groups excluding carboxylic acids is 1. The van der Waals surface area contributed by atoms with E-state index in [9.17, 15) is 18.0 Å². The molecule has 1 aliphatic carbocycles. The van der Waals surface area contributed by atoms with Gasteiger partial charge in [0.2, 0.25) is 5.78 Å². The Bertz CT molecular complexity index is 1540. The lowest BCUT2D eigenvalue weighted by Gasteiger charge is -2.60. The molecule has 2 aliphatic rings. The molecule has 1 spiro atoms. The molecule has 0 N–H and O–H groups in total. The number of aryl methyl sites for hydroxylation is 2. The predicted molar refractivity (Wildman–Crippen MR) is 146 cm³/mol. The summed E-state index contributed by atoms with van der Waals surface area (Å²) in [6.07, 6.45) is 2.24. The fraction of sp³-hybridized carbons (Fsp3) is 0.367. The van der Waals surface area contributed by atoms with Gasteiger partial charge in [-0.25, -0.2) is 9.97 Å². The third kappa shape index (κ3) is 5.27. The molecule has 0 unspecified atom stereocenters. The number of anilines is 1. The SMILES string of the molecule is CCc1nc2ncc(Cl)cn2c1C(=O)CCc1ccc(N2CC3(CC(c4ccc(OC(F)(F)F)cc4)C3)C2)cc1. The van der Waals surface area contributed by atoms with Crippen molar-refractivity contribution in [2.75, 3.05) is 18.0 Å². The molecule has 3 heterocycles. The van der Waals surface area contributed by atoms with E-state index in [1.54, 1.807) is 22.7 Å². The van der Waals surface area contributed by atoms with Gasteiger partial charge in [-0.15, -0.1) is 13.2 Å². The van der Waals surface area contributed by atoms with Crippen LogP contribution in [0.25, 0.3) is 5.78 Å².